The molecule has 1 heterocycles. The molecule has 1 unspecified atom stereocenters. The highest BCUT2D eigenvalue weighted by Gasteiger charge is 2.14. The topological polar surface area (TPSA) is 38.1 Å². The molecule has 0 saturated heterocycles. The third-order valence-electron chi connectivity index (χ3n) is 2.03. The molecule has 0 amide bonds. The van der Waals surface area contributed by atoms with Gasteiger partial charge in [0.25, 0.3) is 0 Å². The lowest BCUT2D eigenvalue weighted by Crippen LogP contribution is -2.18. The van der Waals surface area contributed by atoms with Crippen molar-refractivity contribution in [3.8, 4) is 0 Å². The number of aryl methyl sites for hydroxylation is 2. The van der Waals surface area contributed by atoms with Crippen LogP contribution in [-0.4, -0.2) is 11.7 Å². The molecule has 0 aliphatic carbocycles. The molecule has 12 heavy (non-hydrogen) atoms. The summed E-state index contributed by atoms with van der Waals surface area (Å²) in [4.78, 5) is 0. The van der Waals surface area contributed by atoms with E-state index in [0.29, 0.717) is 6.04 Å². The minimum atomic E-state index is 0.334. The van der Waals surface area contributed by atoms with Crippen LogP contribution >= 0.6 is 0 Å². The number of nitrogens with one attached hydrogen (secondary N) is 1. The summed E-state index contributed by atoms with van der Waals surface area (Å²) in [6.45, 7) is 9.10. The summed E-state index contributed by atoms with van der Waals surface area (Å²) < 4.78 is 5.07. The maximum absolute atomic E-state index is 5.07. The molecule has 68 valence electrons. The van der Waals surface area contributed by atoms with Crippen LogP contribution in [0.1, 0.15) is 36.9 Å². The van der Waals surface area contributed by atoms with E-state index in [1.165, 1.54) is 5.56 Å². The van der Waals surface area contributed by atoms with Gasteiger partial charge in [0.05, 0.1) is 5.69 Å². The molecule has 0 radical (unpaired) electrons. The minimum Gasteiger partial charge on any atom is -0.361 e. The van der Waals surface area contributed by atoms with Crippen molar-refractivity contribution in [1.29, 1.82) is 0 Å². The van der Waals surface area contributed by atoms with Gasteiger partial charge < -0.3 is 9.84 Å². The molecule has 3 heteroatoms. The van der Waals surface area contributed by atoms with Crippen molar-refractivity contribution in [3.05, 3.63) is 17.0 Å². The minimum absolute atomic E-state index is 0.334. The van der Waals surface area contributed by atoms with E-state index in [-0.39, 0.29) is 0 Å². The van der Waals surface area contributed by atoms with E-state index in [9.17, 15) is 0 Å². The van der Waals surface area contributed by atoms with Crippen molar-refractivity contribution in [2.45, 2.75) is 33.7 Å². The molecule has 1 atom stereocenters. The Hall–Kier alpha value is -0.830. The quantitative estimate of drug-likeness (QED) is 0.749. The Labute approximate surface area is 73.1 Å². The van der Waals surface area contributed by atoms with Crippen molar-refractivity contribution < 1.29 is 4.52 Å². The smallest absolute Gasteiger partial charge is 0.138 e. The molecule has 0 saturated carbocycles. The number of hydrogen-bond acceptors (Lipinski definition) is 3. The monoisotopic (exact) mass is 168 g/mol. The maximum Gasteiger partial charge on any atom is 0.138 e. The molecule has 0 aliphatic rings. The van der Waals surface area contributed by atoms with Gasteiger partial charge in [-0.25, -0.2) is 0 Å². The van der Waals surface area contributed by atoms with Gasteiger partial charge in [-0.15, -0.1) is 0 Å². The predicted octanol–water partition coefficient (Wildman–Crippen LogP) is 1.96. The van der Waals surface area contributed by atoms with Crippen LogP contribution in [0.15, 0.2) is 4.52 Å². The van der Waals surface area contributed by atoms with Gasteiger partial charge in [-0.3, -0.25) is 0 Å². The van der Waals surface area contributed by atoms with E-state index in [0.717, 1.165) is 18.0 Å². The van der Waals surface area contributed by atoms with Gasteiger partial charge in [-0.1, -0.05) is 12.1 Å². The first-order chi connectivity index (χ1) is 5.66. The fourth-order valence-electron chi connectivity index (χ4n) is 1.52. The van der Waals surface area contributed by atoms with E-state index >= 15 is 0 Å². The zero-order chi connectivity index (χ0) is 9.14. The molecule has 0 aromatic carbocycles. The molecule has 0 spiro atoms. The van der Waals surface area contributed by atoms with Gasteiger partial charge in [-0.2, -0.15) is 0 Å². The molecule has 1 aromatic rings. The van der Waals surface area contributed by atoms with Crippen molar-refractivity contribution >= 4 is 0 Å². The highest BCUT2D eigenvalue weighted by atomic mass is 16.5. The molecule has 0 fully saturated rings. The van der Waals surface area contributed by atoms with Gasteiger partial charge in [0.15, 0.2) is 0 Å². The summed E-state index contributed by atoms with van der Waals surface area (Å²) in [5.74, 6) is 0.918. The van der Waals surface area contributed by atoms with Crippen LogP contribution in [0.5, 0.6) is 0 Å². The largest absolute Gasteiger partial charge is 0.361 e. The van der Waals surface area contributed by atoms with Crippen LogP contribution in [0.25, 0.3) is 0 Å². The number of aromatic nitrogens is 1. The Morgan fingerprint density at radius 2 is 2.17 bits per heavy atom. The van der Waals surface area contributed by atoms with Gasteiger partial charge in [0, 0.05) is 11.6 Å². The highest BCUT2D eigenvalue weighted by molar-refractivity contribution is 5.24. The summed E-state index contributed by atoms with van der Waals surface area (Å²) in [6.07, 6.45) is 0. The van der Waals surface area contributed by atoms with E-state index in [4.69, 9.17) is 4.52 Å². The Morgan fingerprint density at radius 3 is 2.58 bits per heavy atom. The van der Waals surface area contributed by atoms with Gasteiger partial charge >= 0.3 is 0 Å². The summed E-state index contributed by atoms with van der Waals surface area (Å²) in [5.41, 5.74) is 2.18. The Kier molecular flexibility index (Phi) is 2.87. The lowest BCUT2D eigenvalue weighted by Gasteiger charge is -2.10. The van der Waals surface area contributed by atoms with Crippen LogP contribution in [-0.2, 0) is 0 Å². The average molecular weight is 168 g/mol. The van der Waals surface area contributed by atoms with Crippen LogP contribution in [0.3, 0.4) is 0 Å². The van der Waals surface area contributed by atoms with Crippen molar-refractivity contribution in [2.24, 2.45) is 0 Å². The normalized spacial score (nSPS) is 13.3. The first kappa shape index (κ1) is 9.26. The molecular formula is C9H16N2O. The second-order valence-electron chi connectivity index (χ2n) is 3.02. The molecule has 1 N–H and O–H groups in total. The summed E-state index contributed by atoms with van der Waals surface area (Å²) >= 11 is 0. The fourth-order valence-corrected chi connectivity index (χ4v) is 1.52. The fraction of sp³-hybridized carbons (Fsp3) is 0.667. The second-order valence-corrected chi connectivity index (χ2v) is 3.02. The van der Waals surface area contributed by atoms with Crippen molar-refractivity contribution in [1.82, 2.24) is 10.5 Å². The van der Waals surface area contributed by atoms with Gasteiger partial charge in [0.2, 0.25) is 0 Å². The Morgan fingerprint density at radius 1 is 1.50 bits per heavy atom. The van der Waals surface area contributed by atoms with Crippen molar-refractivity contribution in [3.63, 3.8) is 0 Å². The summed E-state index contributed by atoms with van der Waals surface area (Å²) in [5, 5.41) is 7.23. The van der Waals surface area contributed by atoms with Crippen LogP contribution in [0.4, 0.5) is 0 Å². The van der Waals surface area contributed by atoms with Gasteiger partial charge in [-0.05, 0) is 27.3 Å². The first-order valence-corrected chi connectivity index (χ1v) is 4.33. The molecular weight excluding hydrogens is 152 g/mol. The molecule has 1 aromatic heterocycles. The third-order valence-corrected chi connectivity index (χ3v) is 2.03. The van der Waals surface area contributed by atoms with Crippen molar-refractivity contribution in [2.75, 3.05) is 6.54 Å². The number of rotatable bonds is 3. The lowest BCUT2D eigenvalue weighted by molar-refractivity contribution is 0.390. The standard InChI is InChI=1S/C9H16N2O/c1-5-10-6(2)9-7(3)11-12-8(9)4/h6,10H,5H2,1-4H3. The molecule has 3 nitrogen and oxygen atoms in total. The number of nitrogens with zero attached hydrogens (tertiary/aromatic N) is 1. The SMILES string of the molecule is CCNC(C)c1c(C)noc1C. The Balaban J connectivity index is 2.85. The second kappa shape index (κ2) is 3.72. The molecule has 0 aliphatic heterocycles. The van der Waals surface area contributed by atoms with E-state index < -0.39 is 0 Å². The Bertz CT molecular complexity index is 236. The number of hydrogen-bond donors (Lipinski definition) is 1. The lowest BCUT2D eigenvalue weighted by atomic mass is 10.1. The zero-order valence-corrected chi connectivity index (χ0v) is 8.14. The average Bonchev–Trinajstić information content (AvgIpc) is 2.32. The predicted molar refractivity (Wildman–Crippen MR) is 48.1 cm³/mol. The van der Waals surface area contributed by atoms with Crippen LogP contribution in [0.2, 0.25) is 0 Å². The summed E-state index contributed by atoms with van der Waals surface area (Å²) in [7, 11) is 0. The molecule has 1 rings (SSSR count). The van der Waals surface area contributed by atoms with Gasteiger partial charge in [0.1, 0.15) is 5.76 Å². The van der Waals surface area contributed by atoms with E-state index in [1.54, 1.807) is 0 Å². The highest BCUT2D eigenvalue weighted by Crippen LogP contribution is 2.20. The van der Waals surface area contributed by atoms with E-state index in [1.807, 2.05) is 13.8 Å². The van der Waals surface area contributed by atoms with Crippen LogP contribution in [0, 0.1) is 13.8 Å². The zero-order valence-electron chi connectivity index (χ0n) is 8.14. The third kappa shape index (κ3) is 1.67. The first-order valence-electron chi connectivity index (χ1n) is 4.33. The van der Waals surface area contributed by atoms with Crippen LogP contribution < -0.4 is 5.32 Å². The maximum atomic E-state index is 5.07. The summed E-state index contributed by atoms with van der Waals surface area (Å²) in [6, 6.07) is 0.334. The van der Waals surface area contributed by atoms with E-state index in [2.05, 4.69) is 24.3 Å². The molecule has 0 bridgehead atoms.